The summed E-state index contributed by atoms with van der Waals surface area (Å²) in [5.41, 5.74) is 5.01. The lowest BCUT2D eigenvalue weighted by atomic mass is 10.1. The van der Waals surface area contributed by atoms with Crippen LogP contribution in [0.3, 0.4) is 0 Å². The van der Waals surface area contributed by atoms with Crippen molar-refractivity contribution in [2.24, 2.45) is 4.99 Å². The Hall–Kier alpha value is -3.19. The number of hydroxylamine groups is 1. The number of pyridine rings is 1. The number of hydrogen-bond acceptors (Lipinski definition) is 6. The van der Waals surface area contributed by atoms with Crippen LogP contribution < -0.4 is 10.4 Å². The number of anilines is 2. The summed E-state index contributed by atoms with van der Waals surface area (Å²) in [5, 5.41) is 8.56. The predicted octanol–water partition coefficient (Wildman–Crippen LogP) is 4.17. The van der Waals surface area contributed by atoms with E-state index < -0.39 is 0 Å². The first-order valence-electron chi connectivity index (χ1n) is 10.3. The Morgan fingerprint density at radius 3 is 2.67 bits per heavy atom. The van der Waals surface area contributed by atoms with Crippen LogP contribution >= 0.6 is 0 Å². The van der Waals surface area contributed by atoms with E-state index in [1.54, 1.807) is 17.9 Å². The first kappa shape index (κ1) is 21.5. The summed E-state index contributed by atoms with van der Waals surface area (Å²) in [7, 11) is 0. The number of rotatable bonds is 10. The fourth-order valence-corrected chi connectivity index (χ4v) is 3.57. The second-order valence-corrected chi connectivity index (χ2v) is 7.28. The molecule has 0 saturated carbocycles. The number of hydrogen-bond donors (Lipinski definition) is 2. The van der Waals surface area contributed by atoms with Crippen molar-refractivity contribution in [2.45, 2.75) is 45.3 Å². The quantitative estimate of drug-likeness (QED) is 0.351. The lowest BCUT2D eigenvalue weighted by Crippen LogP contribution is -2.44. The second-order valence-electron chi connectivity index (χ2n) is 7.28. The number of allylic oxidation sites excluding steroid dienone is 1. The molecule has 7 heteroatoms. The van der Waals surface area contributed by atoms with Crippen molar-refractivity contribution in [2.75, 3.05) is 11.4 Å². The van der Waals surface area contributed by atoms with E-state index in [2.05, 4.69) is 40.0 Å². The minimum Gasteiger partial charge on any atom is -0.339 e. The van der Waals surface area contributed by atoms with Crippen molar-refractivity contribution in [3.63, 3.8) is 0 Å². The number of nitrogens with one attached hydrogen (secondary N) is 1. The van der Waals surface area contributed by atoms with Crippen molar-refractivity contribution in [1.82, 2.24) is 15.4 Å². The minimum absolute atomic E-state index is 0.182. The van der Waals surface area contributed by atoms with Crippen molar-refractivity contribution in [3.8, 4) is 0 Å². The van der Waals surface area contributed by atoms with Gasteiger partial charge in [-0.3, -0.25) is 15.0 Å². The largest absolute Gasteiger partial charge is 0.339 e. The van der Waals surface area contributed by atoms with Gasteiger partial charge in [0.15, 0.2) is 0 Å². The summed E-state index contributed by atoms with van der Waals surface area (Å²) >= 11 is 0. The molecule has 30 heavy (non-hydrogen) atoms. The summed E-state index contributed by atoms with van der Waals surface area (Å²) in [5.74, 6) is -0.324. The predicted molar refractivity (Wildman–Crippen MR) is 119 cm³/mol. The topological polar surface area (TPSA) is 81.1 Å². The maximum atomic E-state index is 11.1. The molecule has 0 spiro atoms. The molecule has 2 N–H and O–H groups in total. The van der Waals surface area contributed by atoms with Crippen LogP contribution in [0.2, 0.25) is 0 Å². The highest BCUT2D eigenvalue weighted by atomic mass is 16.5. The molecule has 1 aromatic carbocycles. The van der Waals surface area contributed by atoms with Crippen LogP contribution in [-0.2, 0) is 4.79 Å². The number of nitrogens with zero attached hydrogens (tertiary/aromatic N) is 4. The summed E-state index contributed by atoms with van der Waals surface area (Å²) in [6.45, 7) is 2.97. The highest BCUT2D eigenvalue weighted by Crippen LogP contribution is 2.32. The molecule has 2 heterocycles. The van der Waals surface area contributed by atoms with Crippen LogP contribution in [0.5, 0.6) is 0 Å². The normalized spacial score (nSPS) is 15.3. The van der Waals surface area contributed by atoms with E-state index in [9.17, 15) is 4.79 Å². The van der Waals surface area contributed by atoms with Crippen LogP contribution in [0.15, 0.2) is 66.1 Å². The van der Waals surface area contributed by atoms with Crippen LogP contribution in [0, 0.1) is 6.92 Å². The van der Waals surface area contributed by atoms with Gasteiger partial charge in [0.25, 0.3) is 0 Å². The molecular formula is C23H29N5O2. The van der Waals surface area contributed by atoms with E-state index in [1.807, 2.05) is 36.6 Å². The van der Waals surface area contributed by atoms with Crippen molar-refractivity contribution in [3.05, 3.63) is 66.6 Å². The number of carbonyl (C=O) groups excluding carboxylic acids is 1. The third-order valence-corrected chi connectivity index (χ3v) is 5.12. The third-order valence-electron chi connectivity index (χ3n) is 5.12. The van der Waals surface area contributed by atoms with Crippen molar-refractivity contribution < 1.29 is 10.0 Å². The zero-order valence-electron chi connectivity index (χ0n) is 17.3. The van der Waals surface area contributed by atoms with Gasteiger partial charge in [0.1, 0.15) is 0 Å². The van der Waals surface area contributed by atoms with Crippen LogP contribution in [0.1, 0.15) is 37.7 Å². The Balaban J connectivity index is 1.70. The number of unbranched alkanes of at least 4 members (excludes halogenated alkanes) is 3. The fraction of sp³-hybridized carbons (Fsp3) is 0.348. The van der Waals surface area contributed by atoms with Gasteiger partial charge in [-0.15, -0.1) is 0 Å². The molecule has 7 nitrogen and oxygen atoms in total. The lowest BCUT2D eigenvalue weighted by Gasteiger charge is -2.39. The molecule has 3 rings (SSSR count). The number of amides is 1. The number of aliphatic imine (C=N–C) groups is 1. The molecule has 158 valence electrons. The van der Waals surface area contributed by atoms with Crippen LogP contribution in [-0.4, -0.2) is 40.0 Å². The average molecular weight is 408 g/mol. The van der Waals surface area contributed by atoms with E-state index >= 15 is 0 Å². The molecule has 1 aromatic heterocycles. The van der Waals surface area contributed by atoms with Gasteiger partial charge in [0.2, 0.25) is 12.2 Å². The molecule has 0 fully saturated rings. The van der Waals surface area contributed by atoms with Crippen LogP contribution in [0.4, 0.5) is 11.4 Å². The molecule has 0 saturated heterocycles. The highest BCUT2D eigenvalue weighted by Gasteiger charge is 2.26. The van der Waals surface area contributed by atoms with Gasteiger partial charge in [-0.25, -0.2) is 10.5 Å². The maximum absolute atomic E-state index is 11.1. The lowest BCUT2D eigenvalue weighted by molar-refractivity contribution is -0.129. The smallest absolute Gasteiger partial charge is 0.243 e. The van der Waals surface area contributed by atoms with Gasteiger partial charge < -0.3 is 9.80 Å². The van der Waals surface area contributed by atoms with Gasteiger partial charge in [0.05, 0.1) is 0 Å². The van der Waals surface area contributed by atoms with Crippen molar-refractivity contribution in [1.29, 1.82) is 0 Å². The zero-order valence-corrected chi connectivity index (χ0v) is 17.3. The number of aromatic nitrogens is 1. The highest BCUT2D eigenvalue weighted by molar-refractivity contribution is 5.74. The standard InChI is InChI=1S/C23H29N5O2/c1-19-9-5-6-10-21(19)28(20-12-15-24-16-13-20)23-25-14-8-18-27(23)17-7-3-2-4-11-22(29)26-30/h5-6,8-10,12-16,18,23,30H,2-4,7,11,17H2,1H3,(H,26,29). The first-order chi connectivity index (χ1) is 14.7. The van der Waals surface area contributed by atoms with Crippen molar-refractivity contribution >= 4 is 23.5 Å². The molecule has 0 bridgehead atoms. The molecule has 1 atom stereocenters. The number of aryl methyl sites for hydroxylation is 1. The van der Waals surface area contributed by atoms with E-state index in [0.29, 0.717) is 6.42 Å². The monoisotopic (exact) mass is 407 g/mol. The Morgan fingerprint density at radius 1 is 1.13 bits per heavy atom. The molecule has 1 unspecified atom stereocenters. The third kappa shape index (κ3) is 5.67. The Bertz CT molecular complexity index is 869. The molecule has 1 aliphatic heterocycles. The zero-order chi connectivity index (χ0) is 21.2. The van der Waals surface area contributed by atoms with E-state index in [0.717, 1.165) is 43.6 Å². The number of para-hydroxylation sites is 1. The van der Waals surface area contributed by atoms with Crippen LogP contribution in [0.25, 0.3) is 0 Å². The minimum atomic E-state index is -0.324. The van der Waals surface area contributed by atoms with E-state index in [-0.39, 0.29) is 12.2 Å². The number of benzene rings is 1. The van der Waals surface area contributed by atoms with E-state index in [4.69, 9.17) is 10.2 Å². The molecule has 1 aliphatic rings. The van der Waals surface area contributed by atoms with Gasteiger partial charge in [-0.05, 0) is 49.6 Å². The van der Waals surface area contributed by atoms with E-state index in [1.165, 1.54) is 5.56 Å². The Labute approximate surface area is 177 Å². The maximum Gasteiger partial charge on any atom is 0.243 e. The Morgan fingerprint density at radius 2 is 1.90 bits per heavy atom. The molecule has 0 aliphatic carbocycles. The SMILES string of the molecule is Cc1ccccc1N(c1ccncc1)C1N=CC=CN1CCCCCCC(=O)NO. The van der Waals surface area contributed by atoms with Gasteiger partial charge >= 0.3 is 0 Å². The second kappa shape index (κ2) is 11.1. The first-order valence-corrected chi connectivity index (χ1v) is 10.3. The van der Waals surface area contributed by atoms with Gasteiger partial charge in [-0.2, -0.15) is 0 Å². The molecule has 0 radical (unpaired) electrons. The van der Waals surface area contributed by atoms with Gasteiger partial charge in [-0.1, -0.05) is 31.0 Å². The Kier molecular flexibility index (Phi) is 7.97. The molecule has 2 aromatic rings. The summed E-state index contributed by atoms with van der Waals surface area (Å²) in [6.07, 6.45) is 13.4. The fourth-order valence-electron chi connectivity index (χ4n) is 3.57. The number of carbonyl (C=O) groups is 1. The molecular weight excluding hydrogens is 378 g/mol. The summed E-state index contributed by atoms with van der Waals surface area (Å²) in [6, 6.07) is 12.3. The van der Waals surface area contributed by atoms with Gasteiger partial charge in [0, 0.05) is 49.1 Å². The average Bonchev–Trinajstić information content (AvgIpc) is 2.79. The summed E-state index contributed by atoms with van der Waals surface area (Å²) in [4.78, 5) is 24.5. The summed E-state index contributed by atoms with van der Waals surface area (Å²) < 4.78 is 0. The molecule has 1 amide bonds.